The summed E-state index contributed by atoms with van der Waals surface area (Å²) in [7, 11) is 0. The number of nitrogen functional groups attached to an aromatic ring is 1. The van der Waals surface area contributed by atoms with Gasteiger partial charge in [-0.15, -0.1) is 10.2 Å². The van der Waals surface area contributed by atoms with Crippen LogP contribution in [0.3, 0.4) is 0 Å². The molecular formula is C8H7BrN4S2. The number of anilines is 1. The van der Waals surface area contributed by atoms with Crippen molar-refractivity contribution in [2.24, 2.45) is 0 Å². The van der Waals surface area contributed by atoms with E-state index in [1.807, 2.05) is 12.1 Å². The SMILES string of the molecule is Nc1nnc(CSc2ncccc2Br)s1. The van der Waals surface area contributed by atoms with Gasteiger partial charge in [-0.25, -0.2) is 4.98 Å². The van der Waals surface area contributed by atoms with Crippen LogP contribution in [-0.4, -0.2) is 15.2 Å². The molecule has 0 bridgehead atoms. The highest BCUT2D eigenvalue weighted by Gasteiger charge is 2.05. The van der Waals surface area contributed by atoms with E-state index in [1.165, 1.54) is 11.3 Å². The molecular weight excluding hydrogens is 296 g/mol. The van der Waals surface area contributed by atoms with Crippen LogP contribution < -0.4 is 5.73 Å². The molecule has 0 fully saturated rings. The molecule has 2 aromatic heterocycles. The van der Waals surface area contributed by atoms with Crippen LogP contribution in [0.4, 0.5) is 5.13 Å². The molecule has 0 saturated carbocycles. The third kappa shape index (κ3) is 2.90. The van der Waals surface area contributed by atoms with Gasteiger partial charge in [0.2, 0.25) is 5.13 Å². The van der Waals surface area contributed by atoms with Gasteiger partial charge in [0, 0.05) is 10.7 Å². The van der Waals surface area contributed by atoms with E-state index in [1.54, 1.807) is 18.0 Å². The summed E-state index contributed by atoms with van der Waals surface area (Å²) in [6, 6.07) is 3.85. The Morgan fingerprint density at radius 2 is 2.33 bits per heavy atom. The van der Waals surface area contributed by atoms with Gasteiger partial charge < -0.3 is 5.73 Å². The molecule has 4 nitrogen and oxygen atoms in total. The van der Waals surface area contributed by atoms with E-state index >= 15 is 0 Å². The van der Waals surface area contributed by atoms with Crippen molar-refractivity contribution in [2.75, 3.05) is 5.73 Å². The lowest BCUT2D eigenvalue weighted by molar-refractivity contribution is 1.04. The Labute approximate surface area is 103 Å². The number of halogens is 1. The van der Waals surface area contributed by atoms with Gasteiger partial charge in [0.1, 0.15) is 10.0 Å². The Kier molecular flexibility index (Phi) is 3.55. The second kappa shape index (κ2) is 4.91. The van der Waals surface area contributed by atoms with Crippen molar-refractivity contribution >= 4 is 44.2 Å². The van der Waals surface area contributed by atoms with E-state index in [0.717, 1.165) is 20.3 Å². The fraction of sp³-hybridized carbons (Fsp3) is 0.125. The van der Waals surface area contributed by atoms with Crippen LogP contribution in [0.5, 0.6) is 0 Å². The van der Waals surface area contributed by atoms with Crippen molar-refractivity contribution in [2.45, 2.75) is 10.8 Å². The normalized spacial score (nSPS) is 10.5. The van der Waals surface area contributed by atoms with Crippen molar-refractivity contribution < 1.29 is 0 Å². The first-order valence-electron chi connectivity index (χ1n) is 4.07. The van der Waals surface area contributed by atoms with Gasteiger partial charge in [-0.05, 0) is 28.1 Å². The minimum atomic E-state index is 0.505. The molecule has 2 heterocycles. The lowest BCUT2D eigenvalue weighted by Crippen LogP contribution is -1.83. The van der Waals surface area contributed by atoms with Crippen LogP contribution in [-0.2, 0) is 5.75 Å². The number of aromatic nitrogens is 3. The number of pyridine rings is 1. The highest BCUT2D eigenvalue weighted by molar-refractivity contribution is 9.10. The van der Waals surface area contributed by atoms with Crippen molar-refractivity contribution in [1.82, 2.24) is 15.2 Å². The van der Waals surface area contributed by atoms with E-state index in [9.17, 15) is 0 Å². The van der Waals surface area contributed by atoms with Gasteiger partial charge >= 0.3 is 0 Å². The van der Waals surface area contributed by atoms with Crippen LogP contribution in [0.15, 0.2) is 27.8 Å². The van der Waals surface area contributed by atoms with E-state index < -0.39 is 0 Å². The van der Waals surface area contributed by atoms with Gasteiger partial charge in [0.25, 0.3) is 0 Å². The second-order valence-corrected chi connectivity index (χ2v) is 5.53. The summed E-state index contributed by atoms with van der Waals surface area (Å²) in [4.78, 5) is 4.24. The molecule has 2 aromatic rings. The molecule has 0 aliphatic carbocycles. The van der Waals surface area contributed by atoms with Crippen LogP contribution in [0, 0.1) is 0 Å². The average molecular weight is 303 g/mol. The second-order valence-electron chi connectivity index (χ2n) is 2.61. The zero-order valence-electron chi connectivity index (χ0n) is 7.55. The molecule has 0 saturated heterocycles. The quantitative estimate of drug-likeness (QED) is 0.883. The highest BCUT2D eigenvalue weighted by Crippen LogP contribution is 2.28. The van der Waals surface area contributed by atoms with Gasteiger partial charge in [-0.2, -0.15) is 0 Å². The third-order valence-electron chi connectivity index (χ3n) is 1.54. The van der Waals surface area contributed by atoms with Crippen molar-refractivity contribution in [3.05, 3.63) is 27.8 Å². The van der Waals surface area contributed by atoms with Gasteiger partial charge in [0.05, 0.1) is 5.75 Å². The minimum Gasteiger partial charge on any atom is -0.374 e. The van der Waals surface area contributed by atoms with Crippen molar-refractivity contribution in [1.29, 1.82) is 0 Å². The number of hydrogen-bond donors (Lipinski definition) is 1. The summed E-state index contributed by atoms with van der Waals surface area (Å²) in [5, 5.41) is 10.1. The minimum absolute atomic E-state index is 0.505. The smallest absolute Gasteiger partial charge is 0.203 e. The molecule has 78 valence electrons. The monoisotopic (exact) mass is 302 g/mol. The van der Waals surface area contributed by atoms with Crippen LogP contribution in [0.2, 0.25) is 0 Å². The Hall–Kier alpha value is -0.660. The first-order chi connectivity index (χ1) is 7.25. The molecule has 0 aromatic carbocycles. The van der Waals surface area contributed by atoms with E-state index in [-0.39, 0.29) is 0 Å². The molecule has 0 aliphatic rings. The maximum atomic E-state index is 5.49. The summed E-state index contributed by atoms with van der Waals surface area (Å²) in [5.41, 5.74) is 5.49. The van der Waals surface area contributed by atoms with E-state index in [2.05, 4.69) is 31.1 Å². The number of nitrogens with two attached hydrogens (primary N) is 1. The maximum Gasteiger partial charge on any atom is 0.203 e. The third-order valence-corrected chi connectivity index (χ3v) is 4.39. The standard InChI is InChI=1S/C8H7BrN4S2/c9-5-2-1-3-11-7(5)14-4-6-12-13-8(10)15-6/h1-3H,4H2,(H2,10,13). The van der Waals surface area contributed by atoms with Gasteiger partial charge in [-0.1, -0.05) is 23.1 Å². The lowest BCUT2D eigenvalue weighted by atomic mass is 10.5. The molecule has 0 unspecified atom stereocenters. The van der Waals surface area contributed by atoms with Gasteiger partial charge in [-0.3, -0.25) is 0 Å². The van der Waals surface area contributed by atoms with E-state index in [4.69, 9.17) is 5.73 Å². The fourth-order valence-corrected chi connectivity index (χ4v) is 3.01. The zero-order chi connectivity index (χ0) is 10.7. The van der Waals surface area contributed by atoms with Crippen LogP contribution in [0.25, 0.3) is 0 Å². The van der Waals surface area contributed by atoms with Crippen molar-refractivity contribution in [3.8, 4) is 0 Å². The topological polar surface area (TPSA) is 64.7 Å². The summed E-state index contributed by atoms with van der Waals surface area (Å²) in [5.74, 6) is 0.741. The largest absolute Gasteiger partial charge is 0.374 e. The first-order valence-corrected chi connectivity index (χ1v) is 6.66. The molecule has 0 atom stereocenters. The predicted octanol–water partition coefficient (Wildman–Crippen LogP) is 2.57. The lowest BCUT2D eigenvalue weighted by Gasteiger charge is -1.99. The molecule has 0 amide bonds. The average Bonchev–Trinajstić information content (AvgIpc) is 2.63. The number of rotatable bonds is 3. The Morgan fingerprint density at radius 1 is 1.47 bits per heavy atom. The Bertz CT molecular complexity index is 459. The Balaban J connectivity index is 2.02. The Morgan fingerprint density at radius 3 is 3.00 bits per heavy atom. The predicted molar refractivity (Wildman–Crippen MR) is 65.8 cm³/mol. The molecule has 15 heavy (non-hydrogen) atoms. The summed E-state index contributed by atoms with van der Waals surface area (Å²) >= 11 is 6.45. The molecule has 0 aliphatic heterocycles. The molecule has 2 N–H and O–H groups in total. The number of thioether (sulfide) groups is 1. The maximum absolute atomic E-state index is 5.49. The summed E-state index contributed by atoms with van der Waals surface area (Å²) in [6.07, 6.45) is 1.77. The zero-order valence-corrected chi connectivity index (χ0v) is 10.8. The number of hydrogen-bond acceptors (Lipinski definition) is 6. The number of nitrogens with zero attached hydrogens (tertiary/aromatic N) is 3. The summed E-state index contributed by atoms with van der Waals surface area (Å²) < 4.78 is 0.993. The summed E-state index contributed by atoms with van der Waals surface area (Å²) in [6.45, 7) is 0. The molecule has 7 heteroatoms. The molecule has 0 radical (unpaired) electrons. The first kappa shape index (κ1) is 10.8. The van der Waals surface area contributed by atoms with Gasteiger partial charge in [0.15, 0.2) is 0 Å². The molecule has 2 rings (SSSR count). The fourth-order valence-electron chi connectivity index (χ4n) is 0.932. The highest BCUT2D eigenvalue weighted by atomic mass is 79.9. The van der Waals surface area contributed by atoms with E-state index in [0.29, 0.717) is 5.13 Å². The van der Waals surface area contributed by atoms with Crippen LogP contribution >= 0.6 is 39.0 Å². The van der Waals surface area contributed by atoms with Crippen molar-refractivity contribution in [3.63, 3.8) is 0 Å². The van der Waals surface area contributed by atoms with Crippen LogP contribution in [0.1, 0.15) is 5.01 Å². The molecule has 0 spiro atoms.